The quantitative estimate of drug-likeness (QED) is 0.229. The van der Waals surface area contributed by atoms with Crippen LogP contribution in [-0.4, -0.2) is 0 Å². The number of rotatable bonds is 6. The van der Waals surface area contributed by atoms with E-state index in [1.54, 1.807) is 0 Å². The molecule has 0 saturated heterocycles. The Morgan fingerprint density at radius 1 is 0.290 bits per heavy atom. The molecule has 0 rings (SSSR count). The van der Waals surface area contributed by atoms with Crippen molar-refractivity contribution in [3.63, 3.8) is 0 Å². The second-order valence-electron chi connectivity index (χ2n) is 2.93. The van der Waals surface area contributed by atoms with Gasteiger partial charge in [-0.3, -0.25) is 0 Å². The van der Waals surface area contributed by atoms with Crippen LogP contribution in [0.5, 0.6) is 0 Å². The zero-order valence-corrected chi connectivity index (χ0v) is 23.4. The van der Waals surface area contributed by atoms with Crippen LogP contribution >= 0.6 is 46.9 Å². The fourth-order valence-corrected chi connectivity index (χ4v) is 3.31. The second kappa shape index (κ2) is 19.1. The summed E-state index contributed by atoms with van der Waals surface area (Å²) in [5, 5.41) is 0. The fraction of sp³-hybridized carbons (Fsp3) is 0. The summed E-state index contributed by atoms with van der Waals surface area (Å²) < 4.78 is 63.5. The molecule has 0 spiro atoms. The minimum Gasteiger partial charge on any atom is -0.790 e. The molecule has 31 heteroatoms. The Kier molecular flexibility index (Phi) is 31.2. The van der Waals surface area contributed by atoms with E-state index in [9.17, 15) is 86.1 Å². The zero-order valence-electron chi connectivity index (χ0n) is 12.9. The van der Waals surface area contributed by atoms with Gasteiger partial charge in [0.05, 0.1) is 46.9 Å². The molecule has 0 aromatic rings. The molecule has 21 nitrogen and oxygen atoms in total. The summed E-state index contributed by atoms with van der Waals surface area (Å²) in [5.41, 5.74) is 0. The molecule has 0 aliphatic carbocycles. The minimum atomic E-state index is -5.68. The predicted molar refractivity (Wildman–Crippen MR) is 48.9 cm³/mol. The molecular weight excluding hydrogens is 730 g/mol. The van der Waals surface area contributed by atoms with Crippen molar-refractivity contribution in [3.05, 3.63) is 0 Å². The molecule has 0 saturated carbocycles. The molecule has 31 heavy (non-hydrogen) atoms. The van der Waals surface area contributed by atoms with Gasteiger partial charge in [-0.05, 0) is 0 Å². The molecule has 0 atom stereocenters. The third-order valence-corrected chi connectivity index (χ3v) is 5.40. The first-order chi connectivity index (χ1) is 11.1. The van der Waals surface area contributed by atoms with Gasteiger partial charge in [0, 0.05) is 0 Å². The Balaban J connectivity index is -0.0000000524. The zero-order chi connectivity index (χ0) is 23.1. The van der Waals surface area contributed by atoms with Crippen LogP contribution in [0.3, 0.4) is 0 Å². The number of hydrogen-bond acceptors (Lipinski definition) is 21. The monoisotopic (exact) mass is 729 g/mol. The largest absolute Gasteiger partial charge is 3.00 e. The van der Waals surface area contributed by atoms with Gasteiger partial charge in [-0.2, -0.15) is 0 Å². The summed E-state index contributed by atoms with van der Waals surface area (Å²) >= 11 is 0. The SMILES string of the molecule is O=P([O-])([O-])OP(=O)([O-])[O-].O=P([O-])([O-])OP(=O)([O-])[O-].O=P([O-])([O-])OP(=O)([O-])[O-].[Cr+3].[Cr+3].[Cr+3].[Cr+3]. The molecule has 0 aliphatic heterocycles. The van der Waals surface area contributed by atoms with Crippen molar-refractivity contribution in [1.82, 2.24) is 0 Å². The van der Waals surface area contributed by atoms with Gasteiger partial charge in [0.25, 0.3) is 0 Å². The summed E-state index contributed by atoms with van der Waals surface area (Å²) in [6.45, 7) is 0. The minimum absolute atomic E-state index is 0. The van der Waals surface area contributed by atoms with Crippen molar-refractivity contribution in [3.8, 4) is 0 Å². The molecule has 180 valence electrons. The molecular formula is Cr4O21P6. The first kappa shape index (κ1) is 50.7. The van der Waals surface area contributed by atoms with Crippen molar-refractivity contribution in [1.29, 1.82) is 0 Å². The van der Waals surface area contributed by atoms with Gasteiger partial charge in [0.15, 0.2) is 0 Å². The van der Waals surface area contributed by atoms with Crippen molar-refractivity contribution >= 4 is 46.9 Å². The summed E-state index contributed by atoms with van der Waals surface area (Å²) in [5.74, 6) is 0. The Hall–Kier alpha value is 2.91. The maximum atomic E-state index is 9.32. The average molecular weight is 730 g/mol. The van der Waals surface area contributed by atoms with Gasteiger partial charge in [-0.15, -0.1) is 0 Å². The van der Waals surface area contributed by atoms with Crippen LogP contribution < -0.4 is 58.7 Å². The summed E-state index contributed by atoms with van der Waals surface area (Å²) in [6, 6.07) is 0. The van der Waals surface area contributed by atoms with Crippen LogP contribution in [0.1, 0.15) is 0 Å². The van der Waals surface area contributed by atoms with Gasteiger partial charge in [-0.25, -0.2) is 0 Å². The number of phosphoric acid groups is 6. The van der Waals surface area contributed by atoms with Crippen LogP contribution in [-0.2, 0) is 110 Å². The molecule has 0 fully saturated rings. The van der Waals surface area contributed by atoms with E-state index in [1.165, 1.54) is 0 Å². The summed E-state index contributed by atoms with van der Waals surface area (Å²) in [7, 11) is -34.1. The van der Waals surface area contributed by atoms with Crippen LogP contribution in [0.4, 0.5) is 0 Å². The third-order valence-electron chi connectivity index (χ3n) is 0.600. The third kappa shape index (κ3) is 71.9. The van der Waals surface area contributed by atoms with Crippen LogP contribution in [0, 0.1) is 0 Å². The summed E-state index contributed by atoms with van der Waals surface area (Å²) in [6.07, 6.45) is 0. The van der Waals surface area contributed by atoms with Crippen molar-refractivity contribution in [2.75, 3.05) is 0 Å². The molecule has 0 N–H and O–H groups in total. The van der Waals surface area contributed by atoms with Crippen molar-refractivity contribution in [2.45, 2.75) is 0 Å². The Labute approximate surface area is 214 Å². The standard InChI is InChI=1S/4Cr.3H4O7P2/c;;;;3*1-8(2,3)7-9(4,5)6/h;;;;3*(H2,1,2,3)(H2,4,5,6)/q4*+3;;;/p-12. The first-order valence-corrected chi connectivity index (χ1v) is 13.1. The van der Waals surface area contributed by atoms with Gasteiger partial charge in [-0.1, -0.05) is 0 Å². The second-order valence-corrected chi connectivity index (χ2v) is 10.3. The normalized spacial score (nSPS) is 12.0. The maximum Gasteiger partial charge on any atom is 3.00 e. The molecule has 0 aromatic carbocycles. The molecule has 0 bridgehead atoms. The van der Waals surface area contributed by atoms with E-state index in [1.807, 2.05) is 0 Å². The van der Waals surface area contributed by atoms with Gasteiger partial charge >= 0.3 is 69.4 Å². The topological polar surface area (TPSA) is 407 Å². The van der Waals surface area contributed by atoms with Gasteiger partial charge in [0.1, 0.15) is 0 Å². The van der Waals surface area contributed by atoms with E-state index >= 15 is 0 Å². The Morgan fingerprint density at radius 3 is 0.355 bits per heavy atom. The van der Waals surface area contributed by atoms with Crippen molar-refractivity contribution in [2.24, 2.45) is 0 Å². The van der Waals surface area contributed by atoms with E-state index in [-0.39, 0.29) is 69.4 Å². The van der Waals surface area contributed by atoms with E-state index in [0.717, 1.165) is 0 Å². The molecule has 0 aromatic heterocycles. The van der Waals surface area contributed by atoms with Crippen LogP contribution in [0.25, 0.3) is 0 Å². The van der Waals surface area contributed by atoms with E-state index in [4.69, 9.17) is 0 Å². The average Bonchev–Trinajstić information content (AvgIpc) is 1.96. The maximum absolute atomic E-state index is 9.32. The molecule has 0 aliphatic rings. The molecule has 0 heterocycles. The van der Waals surface area contributed by atoms with Gasteiger partial charge in [0.2, 0.25) is 0 Å². The van der Waals surface area contributed by atoms with Gasteiger partial charge < -0.3 is 99.0 Å². The number of hydrogen-bond donors (Lipinski definition) is 0. The fourth-order valence-electron chi connectivity index (χ4n) is 0.367. The smallest absolute Gasteiger partial charge is 0.790 e. The molecule has 4 radical (unpaired) electrons. The van der Waals surface area contributed by atoms with Crippen LogP contribution in [0.15, 0.2) is 0 Å². The van der Waals surface area contributed by atoms with E-state index < -0.39 is 46.9 Å². The Bertz CT molecular complexity index is 559. The first-order valence-electron chi connectivity index (χ1n) is 4.38. The predicted octanol–water partition coefficient (Wildman–Crippen LogP) is -10.0. The van der Waals surface area contributed by atoms with Crippen molar-refractivity contribution < 1.29 is 168 Å². The summed E-state index contributed by atoms with van der Waals surface area (Å²) in [4.78, 5) is 112. The van der Waals surface area contributed by atoms with E-state index in [0.29, 0.717) is 0 Å². The van der Waals surface area contributed by atoms with E-state index in [2.05, 4.69) is 12.9 Å². The molecule has 0 amide bonds. The van der Waals surface area contributed by atoms with Crippen LogP contribution in [0.2, 0.25) is 0 Å². The molecule has 0 unspecified atom stereocenters. The Morgan fingerprint density at radius 2 is 0.355 bits per heavy atom.